The van der Waals surface area contributed by atoms with Crippen LogP contribution in [0.25, 0.3) is 10.6 Å². The number of pyridine rings is 1. The normalized spacial score (nSPS) is 10.4. The molecular formula is C9H8ClN3S. The fraction of sp³-hybridized carbons (Fsp3) is 0.222. The van der Waals surface area contributed by atoms with Gasteiger partial charge >= 0.3 is 0 Å². The van der Waals surface area contributed by atoms with E-state index >= 15 is 0 Å². The Bertz CT molecular complexity index is 441. The van der Waals surface area contributed by atoms with Crippen molar-refractivity contribution in [3.05, 3.63) is 29.0 Å². The van der Waals surface area contributed by atoms with Crippen molar-refractivity contribution in [2.75, 3.05) is 0 Å². The topological polar surface area (TPSA) is 38.7 Å². The fourth-order valence-corrected chi connectivity index (χ4v) is 1.98. The molecule has 2 aromatic heterocycles. The summed E-state index contributed by atoms with van der Waals surface area (Å²) in [5, 5.41) is 9.70. The molecular weight excluding hydrogens is 218 g/mol. The first-order chi connectivity index (χ1) is 6.79. The molecule has 0 spiro atoms. The molecule has 0 saturated heterocycles. The minimum absolute atomic E-state index is 0.414. The molecule has 14 heavy (non-hydrogen) atoms. The summed E-state index contributed by atoms with van der Waals surface area (Å²) in [5.41, 5.74) is 2.11. The van der Waals surface area contributed by atoms with Gasteiger partial charge in [-0.05, 0) is 18.6 Å². The number of alkyl halides is 1. The maximum Gasteiger partial charge on any atom is 0.149 e. The van der Waals surface area contributed by atoms with Crippen molar-refractivity contribution >= 4 is 22.9 Å². The van der Waals surface area contributed by atoms with Crippen LogP contribution in [0.1, 0.15) is 10.6 Å². The summed E-state index contributed by atoms with van der Waals surface area (Å²) in [6, 6.07) is 2.03. The quantitative estimate of drug-likeness (QED) is 0.738. The molecule has 0 atom stereocenters. The van der Waals surface area contributed by atoms with Gasteiger partial charge < -0.3 is 0 Å². The van der Waals surface area contributed by atoms with E-state index in [1.54, 1.807) is 6.20 Å². The van der Waals surface area contributed by atoms with Crippen LogP contribution in [0, 0.1) is 6.92 Å². The summed E-state index contributed by atoms with van der Waals surface area (Å²) in [6.45, 7) is 2.00. The molecule has 0 aliphatic carbocycles. The Hall–Kier alpha value is -1.000. The number of aromatic nitrogens is 3. The Morgan fingerprint density at radius 1 is 1.36 bits per heavy atom. The van der Waals surface area contributed by atoms with E-state index in [1.807, 2.05) is 19.2 Å². The highest BCUT2D eigenvalue weighted by Crippen LogP contribution is 2.23. The summed E-state index contributed by atoms with van der Waals surface area (Å²) in [5.74, 6) is 0.414. The van der Waals surface area contributed by atoms with Crippen molar-refractivity contribution in [3.63, 3.8) is 0 Å². The van der Waals surface area contributed by atoms with Gasteiger partial charge in [-0.3, -0.25) is 4.98 Å². The van der Waals surface area contributed by atoms with Gasteiger partial charge in [0.1, 0.15) is 10.0 Å². The summed E-state index contributed by atoms with van der Waals surface area (Å²) in [6.07, 6.45) is 3.60. The molecule has 0 radical (unpaired) electrons. The van der Waals surface area contributed by atoms with Gasteiger partial charge in [0.05, 0.1) is 5.88 Å². The molecule has 2 aromatic rings. The lowest BCUT2D eigenvalue weighted by Gasteiger charge is -1.94. The number of hydrogen-bond donors (Lipinski definition) is 0. The molecule has 0 aromatic carbocycles. The van der Waals surface area contributed by atoms with Crippen molar-refractivity contribution < 1.29 is 0 Å². The Kier molecular flexibility index (Phi) is 2.74. The molecule has 72 valence electrons. The van der Waals surface area contributed by atoms with Gasteiger partial charge in [0, 0.05) is 18.0 Å². The first kappa shape index (κ1) is 9.55. The van der Waals surface area contributed by atoms with E-state index in [4.69, 9.17) is 11.6 Å². The average molecular weight is 226 g/mol. The lowest BCUT2D eigenvalue weighted by Crippen LogP contribution is -1.81. The first-order valence-electron chi connectivity index (χ1n) is 4.10. The Labute approximate surface area is 90.8 Å². The molecule has 0 aliphatic rings. The molecule has 2 rings (SSSR count). The average Bonchev–Trinajstić information content (AvgIpc) is 2.66. The molecule has 0 unspecified atom stereocenters. The molecule has 0 N–H and O–H groups in total. The summed E-state index contributed by atoms with van der Waals surface area (Å²) >= 11 is 7.15. The molecule has 0 aliphatic heterocycles. The fourth-order valence-electron chi connectivity index (χ4n) is 1.10. The predicted octanol–water partition coefficient (Wildman–Crippen LogP) is 2.65. The second-order valence-corrected chi connectivity index (χ2v) is 4.21. The minimum Gasteiger partial charge on any atom is -0.264 e. The third-order valence-electron chi connectivity index (χ3n) is 1.70. The van der Waals surface area contributed by atoms with Crippen LogP contribution in [-0.4, -0.2) is 15.2 Å². The largest absolute Gasteiger partial charge is 0.264 e. The molecule has 0 saturated carbocycles. The predicted molar refractivity (Wildman–Crippen MR) is 57.4 cm³/mol. The zero-order valence-corrected chi connectivity index (χ0v) is 9.14. The Morgan fingerprint density at radius 3 is 2.86 bits per heavy atom. The lowest BCUT2D eigenvalue weighted by molar-refractivity contribution is 1.04. The van der Waals surface area contributed by atoms with E-state index in [0.717, 1.165) is 21.1 Å². The SMILES string of the molecule is Cc1cncc(-c2nnc(CCl)s2)c1. The smallest absolute Gasteiger partial charge is 0.149 e. The summed E-state index contributed by atoms with van der Waals surface area (Å²) < 4.78 is 0. The van der Waals surface area contributed by atoms with Gasteiger partial charge in [0.25, 0.3) is 0 Å². The van der Waals surface area contributed by atoms with Crippen LogP contribution in [0.5, 0.6) is 0 Å². The molecule has 0 fully saturated rings. The van der Waals surface area contributed by atoms with E-state index in [-0.39, 0.29) is 0 Å². The van der Waals surface area contributed by atoms with Crippen LogP contribution in [0.2, 0.25) is 0 Å². The highest BCUT2D eigenvalue weighted by Gasteiger charge is 2.05. The monoisotopic (exact) mass is 225 g/mol. The molecule has 2 heterocycles. The van der Waals surface area contributed by atoms with Crippen LogP contribution in [0.4, 0.5) is 0 Å². The van der Waals surface area contributed by atoms with Crippen molar-refractivity contribution in [1.82, 2.24) is 15.2 Å². The van der Waals surface area contributed by atoms with Crippen molar-refractivity contribution in [1.29, 1.82) is 0 Å². The molecule has 0 bridgehead atoms. The molecule has 5 heteroatoms. The zero-order chi connectivity index (χ0) is 9.97. The van der Waals surface area contributed by atoms with E-state index in [2.05, 4.69) is 15.2 Å². The standard InChI is InChI=1S/C9H8ClN3S/c1-6-2-7(5-11-4-6)9-13-12-8(3-10)14-9/h2,4-5H,3H2,1H3. The number of rotatable bonds is 2. The maximum atomic E-state index is 5.65. The lowest BCUT2D eigenvalue weighted by atomic mass is 10.2. The highest BCUT2D eigenvalue weighted by atomic mass is 35.5. The Balaban J connectivity index is 2.39. The van der Waals surface area contributed by atoms with Crippen LogP contribution in [0.15, 0.2) is 18.5 Å². The summed E-state index contributed by atoms with van der Waals surface area (Å²) in [4.78, 5) is 4.10. The molecule has 3 nitrogen and oxygen atoms in total. The van der Waals surface area contributed by atoms with E-state index in [9.17, 15) is 0 Å². The van der Waals surface area contributed by atoms with E-state index in [1.165, 1.54) is 11.3 Å². The van der Waals surface area contributed by atoms with Crippen molar-refractivity contribution in [2.24, 2.45) is 0 Å². The molecule has 0 amide bonds. The third kappa shape index (κ3) is 1.91. The third-order valence-corrected chi connectivity index (χ3v) is 3.09. The second-order valence-electron chi connectivity index (χ2n) is 2.89. The van der Waals surface area contributed by atoms with Crippen molar-refractivity contribution in [2.45, 2.75) is 12.8 Å². The van der Waals surface area contributed by atoms with Crippen LogP contribution < -0.4 is 0 Å². The van der Waals surface area contributed by atoms with E-state index in [0.29, 0.717) is 5.88 Å². The van der Waals surface area contributed by atoms with Gasteiger partial charge in [-0.1, -0.05) is 11.3 Å². The maximum absolute atomic E-state index is 5.65. The van der Waals surface area contributed by atoms with Crippen LogP contribution >= 0.6 is 22.9 Å². The highest BCUT2D eigenvalue weighted by molar-refractivity contribution is 7.14. The van der Waals surface area contributed by atoms with Gasteiger partial charge in [0.2, 0.25) is 0 Å². The first-order valence-corrected chi connectivity index (χ1v) is 5.45. The number of nitrogens with zero attached hydrogens (tertiary/aromatic N) is 3. The van der Waals surface area contributed by atoms with Gasteiger partial charge in [-0.25, -0.2) is 0 Å². The van der Waals surface area contributed by atoms with Gasteiger partial charge in [-0.15, -0.1) is 21.8 Å². The van der Waals surface area contributed by atoms with Gasteiger partial charge in [-0.2, -0.15) is 0 Å². The van der Waals surface area contributed by atoms with Crippen LogP contribution in [-0.2, 0) is 5.88 Å². The Morgan fingerprint density at radius 2 is 2.21 bits per heavy atom. The minimum atomic E-state index is 0.414. The van der Waals surface area contributed by atoms with Crippen molar-refractivity contribution in [3.8, 4) is 10.6 Å². The second kappa shape index (κ2) is 4.02. The zero-order valence-electron chi connectivity index (χ0n) is 7.57. The van der Waals surface area contributed by atoms with E-state index < -0.39 is 0 Å². The van der Waals surface area contributed by atoms with Gasteiger partial charge in [0.15, 0.2) is 0 Å². The number of hydrogen-bond acceptors (Lipinski definition) is 4. The summed E-state index contributed by atoms with van der Waals surface area (Å²) in [7, 11) is 0. The number of halogens is 1. The number of aryl methyl sites for hydroxylation is 1. The van der Waals surface area contributed by atoms with Crippen LogP contribution in [0.3, 0.4) is 0 Å².